The summed E-state index contributed by atoms with van der Waals surface area (Å²) in [4.78, 5) is 0. The van der Waals surface area contributed by atoms with Gasteiger partial charge in [-0.25, -0.2) is 0 Å². The molecule has 4 nitrogen and oxygen atoms in total. The van der Waals surface area contributed by atoms with Gasteiger partial charge in [-0.3, -0.25) is 4.68 Å². The van der Waals surface area contributed by atoms with Gasteiger partial charge in [-0.1, -0.05) is 48.5 Å². The van der Waals surface area contributed by atoms with E-state index in [1.807, 2.05) is 30.3 Å². The lowest BCUT2D eigenvalue weighted by molar-refractivity contribution is 0.582. The Labute approximate surface area is 147 Å². The maximum absolute atomic E-state index is 9.35. The van der Waals surface area contributed by atoms with Gasteiger partial charge in [0.1, 0.15) is 0 Å². The van der Waals surface area contributed by atoms with E-state index < -0.39 is 0 Å². The molecule has 4 rings (SSSR count). The Balaban J connectivity index is 1.70. The van der Waals surface area contributed by atoms with Crippen LogP contribution in [0.3, 0.4) is 0 Å². The fourth-order valence-electron chi connectivity index (χ4n) is 3.48. The van der Waals surface area contributed by atoms with Crippen LogP contribution in [-0.4, -0.2) is 16.3 Å². The van der Waals surface area contributed by atoms with Crippen LogP contribution in [0.5, 0.6) is 0 Å². The standard InChI is InChI=1S/C21H20N4/c22-13-17-8-4-5-9-18(17)15-25-21-10-11-23-14-19(21)20(24-25)12-16-6-2-1-3-7-16/h1-9,23H,10-12,14-15H2. The lowest BCUT2D eigenvalue weighted by Crippen LogP contribution is -2.25. The van der Waals surface area contributed by atoms with Crippen molar-refractivity contribution in [1.82, 2.24) is 15.1 Å². The normalized spacial score (nSPS) is 13.2. The fraction of sp³-hybridized carbons (Fsp3) is 0.238. The summed E-state index contributed by atoms with van der Waals surface area (Å²) in [7, 11) is 0. The molecule has 0 saturated heterocycles. The highest BCUT2D eigenvalue weighted by Gasteiger charge is 2.21. The third-order valence-corrected chi connectivity index (χ3v) is 4.76. The molecule has 2 heterocycles. The molecular weight excluding hydrogens is 308 g/mol. The van der Waals surface area contributed by atoms with Crippen LogP contribution in [0.2, 0.25) is 0 Å². The van der Waals surface area contributed by atoms with Crippen LogP contribution < -0.4 is 5.32 Å². The number of nitrogens with one attached hydrogen (secondary N) is 1. The van der Waals surface area contributed by atoms with Gasteiger partial charge in [0.25, 0.3) is 0 Å². The topological polar surface area (TPSA) is 53.6 Å². The quantitative estimate of drug-likeness (QED) is 0.801. The van der Waals surface area contributed by atoms with Crippen molar-refractivity contribution in [3.05, 3.63) is 88.2 Å². The molecule has 25 heavy (non-hydrogen) atoms. The molecule has 3 aromatic rings. The summed E-state index contributed by atoms with van der Waals surface area (Å²) in [6.07, 6.45) is 1.82. The third-order valence-electron chi connectivity index (χ3n) is 4.76. The first kappa shape index (κ1) is 15.6. The van der Waals surface area contributed by atoms with Crippen molar-refractivity contribution in [3.63, 3.8) is 0 Å². The van der Waals surface area contributed by atoms with Gasteiger partial charge in [-0.05, 0) is 17.2 Å². The monoisotopic (exact) mass is 328 g/mol. The van der Waals surface area contributed by atoms with Gasteiger partial charge in [0, 0.05) is 37.2 Å². The molecule has 0 bridgehead atoms. The molecule has 0 spiro atoms. The fourth-order valence-corrected chi connectivity index (χ4v) is 3.48. The van der Waals surface area contributed by atoms with Crippen LogP contribution >= 0.6 is 0 Å². The van der Waals surface area contributed by atoms with E-state index in [-0.39, 0.29) is 0 Å². The van der Waals surface area contributed by atoms with E-state index in [1.54, 1.807) is 0 Å². The van der Waals surface area contributed by atoms with Crippen molar-refractivity contribution in [1.29, 1.82) is 5.26 Å². The molecule has 1 aromatic heterocycles. The average Bonchev–Trinajstić information content (AvgIpc) is 3.01. The molecule has 124 valence electrons. The van der Waals surface area contributed by atoms with Gasteiger partial charge in [-0.2, -0.15) is 10.4 Å². The predicted molar refractivity (Wildman–Crippen MR) is 97.1 cm³/mol. The van der Waals surface area contributed by atoms with Crippen molar-refractivity contribution in [2.24, 2.45) is 0 Å². The smallest absolute Gasteiger partial charge is 0.0995 e. The van der Waals surface area contributed by atoms with Gasteiger partial charge >= 0.3 is 0 Å². The van der Waals surface area contributed by atoms with E-state index in [2.05, 4.69) is 40.3 Å². The predicted octanol–water partition coefficient (Wildman–Crippen LogP) is 3.04. The van der Waals surface area contributed by atoms with Crippen molar-refractivity contribution < 1.29 is 0 Å². The molecule has 0 amide bonds. The summed E-state index contributed by atoms with van der Waals surface area (Å²) >= 11 is 0. The first-order chi connectivity index (χ1) is 12.3. The van der Waals surface area contributed by atoms with E-state index in [0.717, 1.165) is 42.8 Å². The summed E-state index contributed by atoms with van der Waals surface area (Å²) in [6.45, 7) is 2.50. The van der Waals surface area contributed by atoms with Crippen molar-refractivity contribution in [3.8, 4) is 6.07 Å². The van der Waals surface area contributed by atoms with Crippen molar-refractivity contribution in [2.75, 3.05) is 6.54 Å². The van der Waals surface area contributed by atoms with E-state index in [0.29, 0.717) is 6.54 Å². The Morgan fingerprint density at radius 1 is 1.08 bits per heavy atom. The zero-order valence-electron chi connectivity index (χ0n) is 14.1. The molecule has 0 radical (unpaired) electrons. The highest BCUT2D eigenvalue weighted by molar-refractivity contribution is 5.39. The Bertz CT molecular complexity index is 919. The molecule has 1 aliphatic heterocycles. The highest BCUT2D eigenvalue weighted by Crippen LogP contribution is 2.22. The van der Waals surface area contributed by atoms with Crippen LogP contribution in [0.15, 0.2) is 54.6 Å². The second-order valence-electron chi connectivity index (χ2n) is 6.39. The number of hydrogen-bond acceptors (Lipinski definition) is 3. The highest BCUT2D eigenvalue weighted by atomic mass is 15.3. The number of fused-ring (bicyclic) bond motifs is 1. The molecule has 0 fully saturated rings. The van der Waals surface area contributed by atoms with Crippen LogP contribution in [0, 0.1) is 11.3 Å². The first-order valence-corrected chi connectivity index (χ1v) is 8.65. The van der Waals surface area contributed by atoms with Gasteiger partial charge in [0.05, 0.1) is 23.9 Å². The summed E-state index contributed by atoms with van der Waals surface area (Å²) in [5.41, 5.74) is 6.80. The molecule has 1 N–H and O–H groups in total. The summed E-state index contributed by atoms with van der Waals surface area (Å²) < 4.78 is 2.10. The Kier molecular flexibility index (Phi) is 4.32. The Morgan fingerprint density at radius 3 is 2.72 bits per heavy atom. The molecule has 0 atom stereocenters. The second kappa shape index (κ2) is 6.92. The lowest BCUT2D eigenvalue weighted by Gasteiger charge is -2.16. The maximum Gasteiger partial charge on any atom is 0.0995 e. The van der Waals surface area contributed by atoms with Crippen LogP contribution in [-0.2, 0) is 25.9 Å². The average molecular weight is 328 g/mol. The van der Waals surface area contributed by atoms with Gasteiger partial charge in [-0.15, -0.1) is 0 Å². The van der Waals surface area contributed by atoms with Crippen LogP contribution in [0.25, 0.3) is 0 Å². The third kappa shape index (κ3) is 3.19. The van der Waals surface area contributed by atoms with E-state index >= 15 is 0 Å². The number of hydrogen-bond donors (Lipinski definition) is 1. The largest absolute Gasteiger partial charge is 0.312 e. The number of benzene rings is 2. The number of rotatable bonds is 4. The molecule has 1 aliphatic rings. The number of nitriles is 1. The van der Waals surface area contributed by atoms with Gasteiger partial charge in [0.2, 0.25) is 0 Å². The molecule has 4 heteroatoms. The summed E-state index contributed by atoms with van der Waals surface area (Å²) in [6, 6.07) is 20.5. The second-order valence-corrected chi connectivity index (χ2v) is 6.39. The lowest BCUT2D eigenvalue weighted by atomic mass is 10.0. The minimum absolute atomic E-state index is 0.654. The van der Waals surface area contributed by atoms with Gasteiger partial charge in [0.15, 0.2) is 0 Å². The summed E-state index contributed by atoms with van der Waals surface area (Å²) in [5, 5.41) is 17.7. The Hall–Kier alpha value is -2.90. The molecule has 2 aromatic carbocycles. The van der Waals surface area contributed by atoms with E-state index in [9.17, 15) is 5.26 Å². The number of aromatic nitrogens is 2. The Morgan fingerprint density at radius 2 is 1.88 bits per heavy atom. The van der Waals surface area contributed by atoms with E-state index in [1.165, 1.54) is 16.8 Å². The van der Waals surface area contributed by atoms with Crippen LogP contribution in [0.1, 0.15) is 33.6 Å². The minimum atomic E-state index is 0.654. The van der Waals surface area contributed by atoms with Gasteiger partial charge < -0.3 is 5.32 Å². The molecular formula is C21H20N4. The zero-order valence-corrected chi connectivity index (χ0v) is 14.1. The molecule has 0 saturated carbocycles. The minimum Gasteiger partial charge on any atom is -0.312 e. The molecule has 0 unspecified atom stereocenters. The van der Waals surface area contributed by atoms with Crippen molar-refractivity contribution in [2.45, 2.75) is 25.9 Å². The summed E-state index contributed by atoms with van der Waals surface area (Å²) in [5.74, 6) is 0. The van der Waals surface area contributed by atoms with Crippen LogP contribution in [0.4, 0.5) is 0 Å². The van der Waals surface area contributed by atoms with E-state index in [4.69, 9.17) is 5.10 Å². The number of nitrogens with zero attached hydrogens (tertiary/aromatic N) is 3. The first-order valence-electron chi connectivity index (χ1n) is 8.65. The van der Waals surface area contributed by atoms with Crippen molar-refractivity contribution >= 4 is 0 Å². The zero-order chi connectivity index (χ0) is 17.1. The molecule has 0 aliphatic carbocycles. The maximum atomic E-state index is 9.35. The SMILES string of the molecule is N#Cc1ccccc1Cn1nc(Cc2ccccc2)c2c1CCNC2.